The lowest BCUT2D eigenvalue weighted by atomic mass is 10.0. The molecule has 0 saturated heterocycles. The van der Waals surface area contributed by atoms with Gasteiger partial charge < -0.3 is 15.4 Å². The van der Waals surface area contributed by atoms with E-state index >= 15 is 0 Å². The summed E-state index contributed by atoms with van der Waals surface area (Å²) < 4.78 is 5.05. The third-order valence-corrected chi connectivity index (χ3v) is 3.79. The molecule has 2 aromatic rings. The van der Waals surface area contributed by atoms with Gasteiger partial charge in [-0.15, -0.1) is 0 Å². The predicted molar refractivity (Wildman–Crippen MR) is 98.8 cm³/mol. The van der Waals surface area contributed by atoms with Crippen LogP contribution in [0.5, 0.6) is 0 Å². The molecule has 6 heteroatoms. The smallest absolute Gasteiger partial charge is 0.338 e. The van der Waals surface area contributed by atoms with Gasteiger partial charge in [-0.05, 0) is 43.2 Å². The van der Waals surface area contributed by atoms with Crippen molar-refractivity contribution in [3.63, 3.8) is 0 Å². The summed E-state index contributed by atoms with van der Waals surface area (Å²) in [5, 5.41) is 5.40. The van der Waals surface area contributed by atoms with E-state index in [0.717, 1.165) is 11.1 Å². The normalized spacial score (nSPS) is 11.3. The summed E-state index contributed by atoms with van der Waals surface area (Å²) in [6.45, 7) is 4.85. The number of hydrogen-bond donors (Lipinski definition) is 2. The maximum atomic E-state index is 12.1. The molecule has 0 radical (unpaired) electrons. The molecule has 2 rings (SSSR count). The first-order chi connectivity index (χ1) is 12.4. The lowest BCUT2D eigenvalue weighted by molar-refractivity contribution is -0.124. The van der Waals surface area contributed by atoms with Crippen LogP contribution in [-0.4, -0.2) is 24.4 Å². The number of ether oxygens (including phenoxy) is 1. The quantitative estimate of drug-likeness (QED) is 0.781. The number of nitrogens with one attached hydrogen (secondary N) is 2. The van der Waals surface area contributed by atoms with Gasteiger partial charge in [0, 0.05) is 12.6 Å². The van der Waals surface area contributed by atoms with Gasteiger partial charge in [-0.25, -0.2) is 4.79 Å². The van der Waals surface area contributed by atoms with E-state index in [1.807, 2.05) is 38.1 Å². The number of esters is 1. The molecule has 1 atom stereocenters. The van der Waals surface area contributed by atoms with Crippen LogP contribution in [0.4, 0.5) is 5.69 Å². The molecule has 0 unspecified atom stereocenters. The molecule has 26 heavy (non-hydrogen) atoms. The van der Waals surface area contributed by atoms with Gasteiger partial charge in [-0.3, -0.25) is 9.59 Å². The van der Waals surface area contributed by atoms with Crippen molar-refractivity contribution in [3.05, 3.63) is 65.2 Å². The van der Waals surface area contributed by atoms with E-state index < -0.39 is 5.97 Å². The maximum Gasteiger partial charge on any atom is 0.338 e. The first kappa shape index (κ1) is 19.2. The van der Waals surface area contributed by atoms with E-state index in [4.69, 9.17) is 4.74 Å². The lowest BCUT2D eigenvalue weighted by Crippen LogP contribution is -2.31. The van der Waals surface area contributed by atoms with Crippen LogP contribution in [0.3, 0.4) is 0 Å². The molecular weight excluding hydrogens is 332 g/mol. The fraction of sp³-hybridized carbons (Fsp3) is 0.250. The van der Waals surface area contributed by atoms with Gasteiger partial charge in [-0.1, -0.05) is 30.3 Å². The van der Waals surface area contributed by atoms with Gasteiger partial charge in [0.15, 0.2) is 6.61 Å². The third kappa shape index (κ3) is 5.44. The number of rotatable bonds is 6. The predicted octanol–water partition coefficient (Wildman–Crippen LogP) is 2.99. The zero-order valence-electron chi connectivity index (χ0n) is 15.0. The average Bonchev–Trinajstić information content (AvgIpc) is 2.59. The van der Waals surface area contributed by atoms with Crippen molar-refractivity contribution >= 4 is 23.5 Å². The number of benzene rings is 2. The van der Waals surface area contributed by atoms with E-state index in [0.29, 0.717) is 5.69 Å². The Labute approximate surface area is 152 Å². The minimum atomic E-state index is -0.629. The van der Waals surface area contributed by atoms with Crippen molar-refractivity contribution < 1.29 is 19.1 Å². The SMILES string of the molecule is CC(=O)Nc1cccc(C(=O)OCC(=O)N[C@H](C)c2ccccc2C)c1. The van der Waals surface area contributed by atoms with Gasteiger partial charge >= 0.3 is 5.97 Å². The highest BCUT2D eigenvalue weighted by atomic mass is 16.5. The number of hydrogen-bond acceptors (Lipinski definition) is 4. The minimum Gasteiger partial charge on any atom is -0.452 e. The second-order valence-electron chi connectivity index (χ2n) is 5.98. The molecule has 0 saturated carbocycles. The molecule has 0 heterocycles. The van der Waals surface area contributed by atoms with Crippen LogP contribution in [-0.2, 0) is 14.3 Å². The standard InChI is InChI=1S/C20H22N2O4/c1-13-7-4-5-10-18(13)14(2)21-19(24)12-26-20(25)16-8-6-9-17(11-16)22-15(3)23/h4-11,14H,12H2,1-3H3,(H,21,24)(H,22,23)/t14-/m1/s1. The zero-order valence-corrected chi connectivity index (χ0v) is 15.0. The summed E-state index contributed by atoms with van der Waals surface area (Å²) in [4.78, 5) is 35.2. The summed E-state index contributed by atoms with van der Waals surface area (Å²) in [7, 11) is 0. The van der Waals surface area contributed by atoms with Crippen LogP contribution in [0.1, 0.15) is 41.4 Å². The molecule has 0 aliphatic rings. The van der Waals surface area contributed by atoms with Gasteiger partial charge in [0.25, 0.3) is 5.91 Å². The molecule has 0 bridgehead atoms. The van der Waals surface area contributed by atoms with Crippen LogP contribution < -0.4 is 10.6 Å². The Morgan fingerprint density at radius 3 is 2.50 bits per heavy atom. The molecule has 136 valence electrons. The van der Waals surface area contributed by atoms with Crippen LogP contribution in [0.15, 0.2) is 48.5 Å². The molecule has 2 N–H and O–H groups in total. The molecule has 0 aliphatic heterocycles. The van der Waals surface area contributed by atoms with Crippen LogP contribution >= 0.6 is 0 Å². The van der Waals surface area contributed by atoms with Crippen molar-refractivity contribution in [2.45, 2.75) is 26.8 Å². The third-order valence-electron chi connectivity index (χ3n) is 3.79. The van der Waals surface area contributed by atoms with Gasteiger partial charge in [0.2, 0.25) is 5.91 Å². The van der Waals surface area contributed by atoms with Crippen molar-refractivity contribution in [3.8, 4) is 0 Å². The first-order valence-corrected chi connectivity index (χ1v) is 8.26. The molecule has 0 aromatic heterocycles. The number of carbonyl (C=O) groups is 3. The summed E-state index contributed by atoms with van der Waals surface area (Å²) >= 11 is 0. The number of aryl methyl sites for hydroxylation is 1. The van der Waals surface area contributed by atoms with E-state index in [1.165, 1.54) is 13.0 Å². The summed E-state index contributed by atoms with van der Waals surface area (Å²) in [6, 6.07) is 13.9. The Morgan fingerprint density at radius 2 is 1.81 bits per heavy atom. The van der Waals surface area contributed by atoms with Crippen molar-refractivity contribution in [1.82, 2.24) is 5.32 Å². The Morgan fingerprint density at radius 1 is 1.08 bits per heavy atom. The van der Waals surface area contributed by atoms with Gasteiger partial charge in [-0.2, -0.15) is 0 Å². The molecule has 6 nitrogen and oxygen atoms in total. The molecular formula is C20H22N2O4. The monoisotopic (exact) mass is 354 g/mol. The van der Waals surface area contributed by atoms with Crippen molar-refractivity contribution in [1.29, 1.82) is 0 Å². The highest BCUT2D eigenvalue weighted by molar-refractivity contribution is 5.94. The van der Waals surface area contributed by atoms with E-state index in [1.54, 1.807) is 18.2 Å². The summed E-state index contributed by atoms with van der Waals surface area (Å²) in [5.41, 5.74) is 2.84. The maximum absolute atomic E-state index is 12.1. The highest BCUT2D eigenvalue weighted by Gasteiger charge is 2.14. The van der Waals surface area contributed by atoms with Gasteiger partial charge in [0.05, 0.1) is 11.6 Å². The van der Waals surface area contributed by atoms with Crippen molar-refractivity contribution in [2.75, 3.05) is 11.9 Å². The van der Waals surface area contributed by atoms with E-state index in [9.17, 15) is 14.4 Å². The number of amides is 2. The summed E-state index contributed by atoms with van der Waals surface area (Å²) in [5.74, 6) is -1.25. The second kappa shape index (κ2) is 8.80. The fourth-order valence-electron chi connectivity index (χ4n) is 2.58. The number of carbonyl (C=O) groups excluding carboxylic acids is 3. The van der Waals surface area contributed by atoms with Crippen LogP contribution in [0.25, 0.3) is 0 Å². The molecule has 2 aromatic carbocycles. The summed E-state index contributed by atoms with van der Waals surface area (Å²) in [6.07, 6.45) is 0. The Hall–Kier alpha value is -3.15. The first-order valence-electron chi connectivity index (χ1n) is 8.26. The molecule has 0 spiro atoms. The van der Waals surface area contributed by atoms with Crippen LogP contribution in [0.2, 0.25) is 0 Å². The Balaban J connectivity index is 1.90. The Bertz CT molecular complexity index is 817. The lowest BCUT2D eigenvalue weighted by Gasteiger charge is -2.16. The van der Waals surface area contributed by atoms with E-state index in [-0.39, 0.29) is 30.0 Å². The minimum absolute atomic E-state index is 0.189. The van der Waals surface area contributed by atoms with Crippen molar-refractivity contribution in [2.24, 2.45) is 0 Å². The van der Waals surface area contributed by atoms with Crippen LogP contribution in [0, 0.1) is 6.92 Å². The molecule has 0 aliphatic carbocycles. The van der Waals surface area contributed by atoms with E-state index in [2.05, 4.69) is 10.6 Å². The Kier molecular flexibility index (Phi) is 6.49. The molecule has 0 fully saturated rings. The van der Waals surface area contributed by atoms with Gasteiger partial charge in [0.1, 0.15) is 0 Å². The zero-order chi connectivity index (χ0) is 19.1. The highest BCUT2D eigenvalue weighted by Crippen LogP contribution is 2.16. The largest absolute Gasteiger partial charge is 0.452 e. The topological polar surface area (TPSA) is 84.5 Å². The second-order valence-corrected chi connectivity index (χ2v) is 5.98. The average molecular weight is 354 g/mol. The molecule has 2 amide bonds. The number of anilines is 1. The fourth-order valence-corrected chi connectivity index (χ4v) is 2.58.